The molecule has 3 N–H and O–H groups in total. The first-order valence-electron chi connectivity index (χ1n) is 8.55. The summed E-state index contributed by atoms with van der Waals surface area (Å²) in [5.74, 6) is 0.614. The molecule has 3 atom stereocenters. The standard InChI is InChI=1S/C20H23ClO6/c1-25-16-8-13(7-15(22)9-16)19-20(24,11-21)14(10-27-19)5-12-3-4-17(23)18(6-12)26-2/h3-4,6-9,14,19,22-24H,5,10-11H2,1-2H3/t14-,19-,20-/m0/s1. The lowest BCUT2D eigenvalue weighted by molar-refractivity contribution is -0.0371. The zero-order chi connectivity index (χ0) is 19.6. The van der Waals surface area contributed by atoms with Gasteiger partial charge in [0.05, 0.1) is 26.7 Å². The quantitative estimate of drug-likeness (QED) is 0.653. The molecule has 2 aromatic rings. The molecule has 0 unspecified atom stereocenters. The van der Waals surface area contributed by atoms with Gasteiger partial charge in [-0.25, -0.2) is 0 Å². The minimum absolute atomic E-state index is 0.0246. The van der Waals surface area contributed by atoms with Crippen molar-refractivity contribution >= 4 is 11.6 Å². The molecule has 0 saturated carbocycles. The number of hydrogen-bond donors (Lipinski definition) is 3. The van der Waals surface area contributed by atoms with Crippen LogP contribution in [0, 0.1) is 5.92 Å². The van der Waals surface area contributed by atoms with Crippen LogP contribution in [0.3, 0.4) is 0 Å². The lowest BCUT2D eigenvalue weighted by atomic mass is 9.80. The van der Waals surface area contributed by atoms with Gasteiger partial charge in [-0.1, -0.05) is 6.07 Å². The van der Waals surface area contributed by atoms with Gasteiger partial charge in [-0.15, -0.1) is 11.6 Å². The molecular formula is C20H23ClO6. The predicted molar refractivity (Wildman–Crippen MR) is 101 cm³/mol. The highest BCUT2D eigenvalue weighted by Crippen LogP contribution is 2.45. The SMILES string of the molecule is COc1cc(O)cc([C@@H]2OC[C@H](Cc3ccc(O)c(OC)c3)[C@@]2(O)CCl)c1. The number of aromatic hydroxyl groups is 2. The maximum absolute atomic E-state index is 11.3. The molecule has 0 aliphatic carbocycles. The van der Waals surface area contributed by atoms with Gasteiger partial charge < -0.3 is 29.5 Å². The van der Waals surface area contributed by atoms with E-state index in [1.807, 2.05) is 0 Å². The molecule has 6 nitrogen and oxygen atoms in total. The van der Waals surface area contributed by atoms with Gasteiger partial charge in [-0.2, -0.15) is 0 Å². The number of methoxy groups -OCH3 is 2. The van der Waals surface area contributed by atoms with Crippen molar-refractivity contribution in [2.45, 2.75) is 18.1 Å². The molecule has 1 saturated heterocycles. The maximum atomic E-state index is 11.3. The molecule has 1 heterocycles. The third kappa shape index (κ3) is 3.78. The molecule has 1 aliphatic heterocycles. The third-order valence-corrected chi connectivity index (χ3v) is 5.45. The van der Waals surface area contributed by atoms with E-state index in [2.05, 4.69) is 0 Å². The average molecular weight is 395 g/mol. The topological polar surface area (TPSA) is 88.4 Å². The molecule has 0 bridgehead atoms. The van der Waals surface area contributed by atoms with Gasteiger partial charge in [-0.3, -0.25) is 0 Å². The molecule has 0 amide bonds. The van der Waals surface area contributed by atoms with Crippen LogP contribution in [0.25, 0.3) is 0 Å². The monoisotopic (exact) mass is 394 g/mol. The van der Waals surface area contributed by atoms with Crippen molar-refractivity contribution < 1.29 is 29.5 Å². The first-order valence-corrected chi connectivity index (χ1v) is 9.08. The van der Waals surface area contributed by atoms with Gasteiger partial charge in [0.25, 0.3) is 0 Å². The third-order valence-electron chi connectivity index (χ3n) is 5.02. The number of alkyl halides is 1. The van der Waals surface area contributed by atoms with E-state index in [1.165, 1.54) is 26.4 Å². The van der Waals surface area contributed by atoms with Crippen molar-refractivity contribution in [3.63, 3.8) is 0 Å². The van der Waals surface area contributed by atoms with Gasteiger partial charge >= 0.3 is 0 Å². The number of phenols is 2. The van der Waals surface area contributed by atoms with Crippen molar-refractivity contribution in [1.82, 2.24) is 0 Å². The predicted octanol–water partition coefficient (Wildman–Crippen LogP) is 3.02. The fourth-order valence-corrected chi connectivity index (χ4v) is 3.88. The molecule has 1 aliphatic rings. The summed E-state index contributed by atoms with van der Waals surface area (Å²) in [6.45, 7) is 0.301. The molecular weight excluding hydrogens is 372 g/mol. The Labute approximate surface area is 162 Å². The summed E-state index contributed by atoms with van der Waals surface area (Å²) >= 11 is 6.16. The van der Waals surface area contributed by atoms with Crippen LogP contribution in [0.5, 0.6) is 23.0 Å². The van der Waals surface area contributed by atoms with Crippen LogP contribution in [0.2, 0.25) is 0 Å². The van der Waals surface area contributed by atoms with Crippen LogP contribution >= 0.6 is 11.6 Å². The minimum Gasteiger partial charge on any atom is -0.508 e. The number of ether oxygens (including phenoxy) is 3. The van der Waals surface area contributed by atoms with E-state index in [4.69, 9.17) is 25.8 Å². The molecule has 7 heteroatoms. The van der Waals surface area contributed by atoms with Gasteiger partial charge in [0, 0.05) is 12.0 Å². The van der Waals surface area contributed by atoms with E-state index in [0.717, 1.165) is 5.56 Å². The highest BCUT2D eigenvalue weighted by atomic mass is 35.5. The second-order valence-electron chi connectivity index (χ2n) is 6.71. The highest BCUT2D eigenvalue weighted by molar-refractivity contribution is 6.18. The van der Waals surface area contributed by atoms with Gasteiger partial charge in [0.2, 0.25) is 0 Å². The summed E-state index contributed by atoms with van der Waals surface area (Å²) in [5.41, 5.74) is 0.155. The van der Waals surface area contributed by atoms with E-state index < -0.39 is 11.7 Å². The lowest BCUT2D eigenvalue weighted by Crippen LogP contribution is -2.42. The molecule has 0 spiro atoms. The van der Waals surface area contributed by atoms with E-state index >= 15 is 0 Å². The van der Waals surface area contributed by atoms with E-state index in [0.29, 0.717) is 30.1 Å². The molecule has 0 radical (unpaired) electrons. The molecule has 27 heavy (non-hydrogen) atoms. The first-order chi connectivity index (χ1) is 12.9. The Kier molecular flexibility index (Phi) is 5.69. The maximum Gasteiger partial charge on any atom is 0.160 e. The molecule has 146 valence electrons. The number of benzene rings is 2. The van der Waals surface area contributed by atoms with Crippen LogP contribution < -0.4 is 9.47 Å². The zero-order valence-corrected chi connectivity index (χ0v) is 15.9. The Hall–Kier alpha value is -2.15. The Morgan fingerprint density at radius 2 is 1.93 bits per heavy atom. The summed E-state index contributed by atoms with van der Waals surface area (Å²) < 4.78 is 16.2. The summed E-state index contributed by atoms with van der Waals surface area (Å²) in [6, 6.07) is 9.80. The van der Waals surface area contributed by atoms with Crippen LogP contribution in [-0.2, 0) is 11.2 Å². The zero-order valence-electron chi connectivity index (χ0n) is 15.2. The molecule has 2 aromatic carbocycles. The Morgan fingerprint density at radius 3 is 2.59 bits per heavy atom. The fourth-order valence-electron chi connectivity index (χ4n) is 3.52. The second-order valence-corrected chi connectivity index (χ2v) is 6.98. The van der Waals surface area contributed by atoms with E-state index in [9.17, 15) is 15.3 Å². The van der Waals surface area contributed by atoms with Crippen molar-refractivity contribution in [2.75, 3.05) is 26.7 Å². The van der Waals surface area contributed by atoms with E-state index in [-0.39, 0.29) is 23.3 Å². The van der Waals surface area contributed by atoms with Crippen molar-refractivity contribution in [1.29, 1.82) is 0 Å². The molecule has 3 rings (SSSR count). The minimum atomic E-state index is -1.33. The number of hydrogen-bond acceptors (Lipinski definition) is 6. The summed E-state index contributed by atoms with van der Waals surface area (Å²) in [6.07, 6.45) is -0.202. The second kappa shape index (κ2) is 7.84. The number of halogens is 1. The smallest absolute Gasteiger partial charge is 0.160 e. The van der Waals surface area contributed by atoms with Crippen molar-refractivity contribution in [3.8, 4) is 23.0 Å². The Bertz CT molecular complexity index is 811. The van der Waals surface area contributed by atoms with Gasteiger partial charge in [-0.05, 0) is 41.8 Å². The summed E-state index contributed by atoms with van der Waals surface area (Å²) in [4.78, 5) is 0. The average Bonchev–Trinajstić information content (AvgIpc) is 2.99. The number of aliphatic hydroxyl groups is 1. The fraction of sp³-hybridized carbons (Fsp3) is 0.400. The van der Waals surface area contributed by atoms with Gasteiger partial charge in [0.15, 0.2) is 11.5 Å². The van der Waals surface area contributed by atoms with E-state index in [1.54, 1.807) is 24.3 Å². The van der Waals surface area contributed by atoms with Crippen LogP contribution in [0.4, 0.5) is 0 Å². The molecule has 1 fully saturated rings. The summed E-state index contributed by atoms with van der Waals surface area (Å²) in [7, 11) is 2.99. The van der Waals surface area contributed by atoms with Crippen LogP contribution in [-0.4, -0.2) is 47.6 Å². The van der Waals surface area contributed by atoms with Crippen LogP contribution in [0.15, 0.2) is 36.4 Å². The Balaban J connectivity index is 1.88. The first kappa shape index (κ1) is 19.6. The number of rotatable bonds is 6. The molecule has 0 aromatic heterocycles. The largest absolute Gasteiger partial charge is 0.508 e. The van der Waals surface area contributed by atoms with Gasteiger partial charge in [0.1, 0.15) is 23.2 Å². The highest BCUT2D eigenvalue weighted by Gasteiger charge is 2.50. The van der Waals surface area contributed by atoms with Crippen molar-refractivity contribution in [2.24, 2.45) is 5.92 Å². The normalized spacial score (nSPS) is 24.7. The van der Waals surface area contributed by atoms with Crippen molar-refractivity contribution in [3.05, 3.63) is 47.5 Å². The number of phenolic OH excluding ortho intramolecular Hbond substituents is 2. The summed E-state index contributed by atoms with van der Waals surface area (Å²) in [5, 5.41) is 31.0. The van der Waals surface area contributed by atoms with Crippen LogP contribution in [0.1, 0.15) is 17.2 Å². The Morgan fingerprint density at radius 1 is 1.15 bits per heavy atom. The lowest BCUT2D eigenvalue weighted by Gasteiger charge is -2.32.